The van der Waals surface area contributed by atoms with E-state index < -0.39 is 0 Å². The Morgan fingerprint density at radius 2 is 1.85 bits per heavy atom. The zero-order chi connectivity index (χ0) is 14.4. The first-order valence-electron chi connectivity index (χ1n) is 6.97. The average Bonchev–Trinajstić information content (AvgIpc) is 2.79. The molecule has 0 atom stereocenters. The van der Waals surface area contributed by atoms with Crippen LogP contribution >= 0.6 is 0 Å². The Labute approximate surface area is 119 Å². The monoisotopic (exact) mass is 275 g/mol. The van der Waals surface area contributed by atoms with Gasteiger partial charge in [0.2, 0.25) is 0 Å². The van der Waals surface area contributed by atoms with Crippen molar-refractivity contribution in [1.29, 1.82) is 0 Å². The van der Waals surface area contributed by atoms with Crippen LogP contribution in [0.2, 0.25) is 0 Å². The number of aryl methyl sites for hydroxylation is 2. The Morgan fingerprint density at radius 1 is 1.05 bits per heavy atom. The van der Waals surface area contributed by atoms with Gasteiger partial charge in [-0.25, -0.2) is 9.97 Å². The van der Waals surface area contributed by atoms with Crippen molar-refractivity contribution in [2.45, 2.75) is 40.0 Å². The number of aromatic nitrogens is 3. The fourth-order valence-electron chi connectivity index (χ4n) is 1.87. The van der Waals surface area contributed by atoms with E-state index in [1.165, 1.54) is 12.8 Å². The highest BCUT2D eigenvalue weighted by Crippen LogP contribution is 2.17. The fourth-order valence-corrected chi connectivity index (χ4v) is 1.87. The van der Waals surface area contributed by atoms with Gasteiger partial charge in [0.05, 0.1) is 0 Å². The van der Waals surface area contributed by atoms with E-state index in [1.807, 2.05) is 26.0 Å². The molecule has 0 unspecified atom stereocenters. The van der Waals surface area contributed by atoms with Crippen LogP contribution in [0, 0.1) is 13.8 Å². The van der Waals surface area contributed by atoms with E-state index in [0.717, 1.165) is 24.5 Å². The van der Waals surface area contributed by atoms with E-state index in [0.29, 0.717) is 17.5 Å². The maximum Gasteiger partial charge on any atom is 0.175 e. The minimum absolute atomic E-state index is 0.650. The van der Waals surface area contributed by atoms with Crippen molar-refractivity contribution in [1.82, 2.24) is 15.1 Å². The lowest BCUT2D eigenvalue weighted by Crippen LogP contribution is -2.06. The number of rotatable bonds is 7. The van der Waals surface area contributed by atoms with Crippen LogP contribution < -0.4 is 10.6 Å². The van der Waals surface area contributed by atoms with Crippen molar-refractivity contribution in [3.05, 3.63) is 23.7 Å². The van der Waals surface area contributed by atoms with Crippen molar-refractivity contribution in [3.8, 4) is 0 Å². The van der Waals surface area contributed by atoms with Gasteiger partial charge in [-0.15, -0.1) is 0 Å². The molecule has 6 nitrogen and oxygen atoms in total. The molecule has 0 bridgehead atoms. The lowest BCUT2D eigenvalue weighted by molar-refractivity contribution is 0.400. The molecule has 2 N–H and O–H groups in total. The van der Waals surface area contributed by atoms with Crippen LogP contribution in [0.5, 0.6) is 0 Å². The summed E-state index contributed by atoms with van der Waals surface area (Å²) in [6.07, 6.45) is 3.58. The van der Waals surface area contributed by atoms with Gasteiger partial charge in [0.25, 0.3) is 0 Å². The highest BCUT2D eigenvalue weighted by molar-refractivity contribution is 5.55. The minimum atomic E-state index is 0.650. The summed E-state index contributed by atoms with van der Waals surface area (Å²) < 4.78 is 5.02. The molecule has 0 aromatic carbocycles. The molecule has 0 amide bonds. The molecule has 0 aliphatic heterocycles. The third-order valence-corrected chi connectivity index (χ3v) is 2.81. The first-order chi connectivity index (χ1) is 9.67. The summed E-state index contributed by atoms with van der Waals surface area (Å²) in [5.41, 5.74) is 0. The molecule has 2 aromatic rings. The van der Waals surface area contributed by atoms with Gasteiger partial charge >= 0.3 is 0 Å². The third kappa shape index (κ3) is 4.22. The van der Waals surface area contributed by atoms with Gasteiger partial charge in [0, 0.05) is 18.7 Å². The second-order valence-electron chi connectivity index (χ2n) is 4.77. The Hall–Kier alpha value is -2.11. The lowest BCUT2D eigenvalue weighted by Gasteiger charge is -2.08. The molecule has 0 aliphatic rings. The van der Waals surface area contributed by atoms with Crippen LogP contribution in [0.25, 0.3) is 0 Å². The predicted octanol–water partition coefficient (Wildman–Crippen LogP) is 3.43. The molecule has 2 aromatic heterocycles. The van der Waals surface area contributed by atoms with Crippen molar-refractivity contribution in [3.63, 3.8) is 0 Å². The summed E-state index contributed by atoms with van der Waals surface area (Å²) in [7, 11) is 0. The van der Waals surface area contributed by atoms with E-state index in [9.17, 15) is 0 Å². The summed E-state index contributed by atoms with van der Waals surface area (Å²) in [5, 5.41) is 10.3. The Bertz CT molecular complexity index is 552. The maximum absolute atomic E-state index is 5.02. The van der Waals surface area contributed by atoms with Crippen LogP contribution in [0.1, 0.15) is 37.8 Å². The molecule has 108 valence electrons. The number of hydrogen-bond donors (Lipinski definition) is 2. The molecule has 0 spiro atoms. The zero-order valence-corrected chi connectivity index (χ0v) is 12.2. The molecular weight excluding hydrogens is 254 g/mol. The molecule has 0 fully saturated rings. The summed E-state index contributed by atoms with van der Waals surface area (Å²) >= 11 is 0. The highest BCUT2D eigenvalue weighted by atomic mass is 16.5. The van der Waals surface area contributed by atoms with Gasteiger partial charge in [-0.1, -0.05) is 24.9 Å². The molecule has 6 heteroatoms. The van der Waals surface area contributed by atoms with Gasteiger partial charge in [-0.3, -0.25) is 0 Å². The number of anilines is 3. The Morgan fingerprint density at radius 3 is 2.55 bits per heavy atom. The molecular formula is C14H21N5O. The van der Waals surface area contributed by atoms with E-state index >= 15 is 0 Å². The van der Waals surface area contributed by atoms with E-state index in [2.05, 4.69) is 32.7 Å². The number of nitrogens with one attached hydrogen (secondary N) is 2. The van der Waals surface area contributed by atoms with Crippen molar-refractivity contribution < 1.29 is 4.52 Å². The number of nitrogens with zero attached hydrogens (tertiary/aromatic N) is 3. The van der Waals surface area contributed by atoms with Gasteiger partial charge < -0.3 is 15.2 Å². The first kappa shape index (κ1) is 14.3. The zero-order valence-electron chi connectivity index (χ0n) is 12.2. The molecule has 0 saturated carbocycles. The standard InChI is InChI=1S/C14H21N5O/c1-4-5-6-7-15-12-9-13(17-11(3)16-12)18-14-8-10(2)20-19-14/h8-9H,4-7H2,1-3H3,(H2,15,16,17,18,19). The van der Waals surface area contributed by atoms with Gasteiger partial charge in [0.1, 0.15) is 23.2 Å². The normalized spacial score (nSPS) is 10.6. The molecule has 0 radical (unpaired) electrons. The third-order valence-electron chi connectivity index (χ3n) is 2.81. The molecule has 20 heavy (non-hydrogen) atoms. The first-order valence-corrected chi connectivity index (χ1v) is 6.97. The van der Waals surface area contributed by atoms with Crippen molar-refractivity contribution in [2.75, 3.05) is 17.2 Å². The molecule has 2 rings (SSSR count). The van der Waals surface area contributed by atoms with E-state index in [4.69, 9.17) is 4.52 Å². The predicted molar refractivity (Wildman–Crippen MR) is 79.3 cm³/mol. The second-order valence-corrected chi connectivity index (χ2v) is 4.77. The maximum atomic E-state index is 5.02. The Kier molecular flexibility index (Phi) is 4.92. The summed E-state index contributed by atoms with van der Waals surface area (Å²) in [4.78, 5) is 8.71. The minimum Gasteiger partial charge on any atom is -0.370 e. The van der Waals surface area contributed by atoms with Gasteiger partial charge in [-0.2, -0.15) is 0 Å². The molecule has 2 heterocycles. The summed E-state index contributed by atoms with van der Waals surface area (Å²) in [6.45, 7) is 6.84. The van der Waals surface area contributed by atoms with Crippen molar-refractivity contribution in [2.24, 2.45) is 0 Å². The SMILES string of the molecule is CCCCCNc1cc(Nc2cc(C)on2)nc(C)n1. The van der Waals surface area contributed by atoms with Crippen LogP contribution in [-0.4, -0.2) is 21.7 Å². The number of unbranched alkanes of at least 4 members (excludes halogenated alkanes) is 2. The average molecular weight is 275 g/mol. The smallest absolute Gasteiger partial charge is 0.175 e. The topological polar surface area (TPSA) is 75.9 Å². The van der Waals surface area contributed by atoms with Gasteiger partial charge in [-0.05, 0) is 20.3 Å². The fraction of sp³-hybridized carbons (Fsp3) is 0.500. The van der Waals surface area contributed by atoms with E-state index in [1.54, 1.807) is 0 Å². The number of hydrogen-bond acceptors (Lipinski definition) is 6. The van der Waals surface area contributed by atoms with Crippen LogP contribution in [0.15, 0.2) is 16.7 Å². The van der Waals surface area contributed by atoms with Crippen LogP contribution in [0.4, 0.5) is 17.5 Å². The highest BCUT2D eigenvalue weighted by Gasteiger charge is 2.05. The van der Waals surface area contributed by atoms with Crippen LogP contribution in [-0.2, 0) is 0 Å². The molecule has 0 aliphatic carbocycles. The Balaban J connectivity index is 2.00. The largest absolute Gasteiger partial charge is 0.370 e. The van der Waals surface area contributed by atoms with Crippen molar-refractivity contribution >= 4 is 17.5 Å². The quantitative estimate of drug-likeness (QED) is 0.754. The second kappa shape index (κ2) is 6.88. The molecule has 0 saturated heterocycles. The lowest BCUT2D eigenvalue weighted by atomic mass is 10.2. The van der Waals surface area contributed by atoms with Gasteiger partial charge in [0.15, 0.2) is 5.82 Å². The summed E-state index contributed by atoms with van der Waals surface area (Å²) in [6, 6.07) is 3.70. The van der Waals surface area contributed by atoms with Crippen LogP contribution in [0.3, 0.4) is 0 Å². The summed E-state index contributed by atoms with van der Waals surface area (Å²) in [5.74, 6) is 3.67. The van der Waals surface area contributed by atoms with E-state index in [-0.39, 0.29) is 0 Å².